The zero-order valence-corrected chi connectivity index (χ0v) is 14.0. The number of aromatic nitrogens is 2. The van der Waals surface area contributed by atoms with Gasteiger partial charge in [-0.2, -0.15) is 4.98 Å². The molecule has 0 radical (unpaired) electrons. The normalized spacial score (nSPS) is 19.5. The predicted molar refractivity (Wildman–Crippen MR) is 84.1 cm³/mol. The van der Waals surface area contributed by atoms with Crippen molar-refractivity contribution in [3.05, 3.63) is 11.7 Å². The fourth-order valence-electron chi connectivity index (χ4n) is 2.44. The lowest BCUT2D eigenvalue weighted by molar-refractivity contribution is 0.125. The Labute approximate surface area is 136 Å². The lowest BCUT2D eigenvalue weighted by Gasteiger charge is -2.37. The average Bonchev–Trinajstić information content (AvgIpc) is 3.20. The first-order valence-corrected chi connectivity index (χ1v) is 8.61. The number of carbonyl (C=O) groups is 1. The van der Waals surface area contributed by atoms with Crippen LogP contribution in [0.1, 0.15) is 50.7 Å². The summed E-state index contributed by atoms with van der Waals surface area (Å²) in [5.41, 5.74) is 0. The zero-order valence-electron chi connectivity index (χ0n) is 14.0. The van der Waals surface area contributed by atoms with Crippen LogP contribution in [0.15, 0.2) is 4.52 Å². The minimum atomic E-state index is -0.0104. The van der Waals surface area contributed by atoms with Gasteiger partial charge in [0.1, 0.15) is 0 Å². The molecule has 1 saturated carbocycles. The number of nitrogens with one attached hydrogen (secondary N) is 1. The number of nitrogens with zero attached hydrogens (tertiary/aromatic N) is 3. The van der Waals surface area contributed by atoms with Crippen LogP contribution in [0, 0.1) is 5.92 Å². The summed E-state index contributed by atoms with van der Waals surface area (Å²) in [6, 6.07) is 0.191. The molecule has 2 aliphatic rings. The molecule has 1 N–H and O–H groups in total. The summed E-state index contributed by atoms with van der Waals surface area (Å²) in [5.74, 6) is 2.26. The van der Waals surface area contributed by atoms with Gasteiger partial charge in [0.05, 0.1) is 12.5 Å². The highest BCUT2D eigenvalue weighted by Crippen LogP contribution is 2.29. The van der Waals surface area contributed by atoms with Gasteiger partial charge < -0.3 is 19.5 Å². The van der Waals surface area contributed by atoms with E-state index < -0.39 is 0 Å². The molecule has 7 heteroatoms. The van der Waals surface area contributed by atoms with Crippen LogP contribution in [0.5, 0.6) is 0 Å². The Kier molecular flexibility index (Phi) is 5.15. The van der Waals surface area contributed by atoms with Crippen LogP contribution in [0.2, 0.25) is 0 Å². The van der Waals surface area contributed by atoms with Crippen LogP contribution in [0.25, 0.3) is 0 Å². The van der Waals surface area contributed by atoms with E-state index in [-0.39, 0.29) is 18.0 Å². The maximum absolute atomic E-state index is 11.9. The number of amides is 2. The summed E-state index contributed by atoms with van der Waals surface area (Å²) in [4.78, 5) is 18.1. The SMILES string of the molecule is CCC(C)NC(=O)N1CC(c2nc(CCOCC3CC3)no2)C1. The Morgan fingerprint density at radius 1 is 1.48 bits per heavy atom. The van der Waals surface area contributed by atoms with Crippen LogP contribution in [0.4, 0.5) is 4.79 Å². The van der Waals surface area contributed by atoms with E-state index in [1.54, 1.807) is 4.90 Å². The number of hydrogen-bond donors (Lipinski definition) is 1. The molecule has 1 atom stereocenters. The van der Waals surface area contributed by atoms with E-state index in [1.165, 1.54) is 12.8 Å². The molecule has 2 heterocycles. The Balaban J connectivity index is 1.36. The summed E-state index contributed by atoms with van der Waals surface area (Å²) < 4.78 is 10.9. The maximum atomic E-state index is 11.9. The second kappa shape index (κ2) is 7.29. The van der Waals surface area contributed by atoms with Gasteiger partial charge in [-0.15, -0.1) is 0 Å². The largest absolute Gasteiger partial charge is 0.381 e. The highest BCUT2D eigenvalue weighted by molar-refractivity contribution is 5.75. The first-order valence-electron chi connectivity index (χ1n) is 8.61. The summed E-state index contributed by atoms with van der Waals surface area (Å²) in [6.07, 6.45) is 4.21. The number of ether oxygens (including phenoxy) is 1. The molecule has 1 aromatic heterocycles. The summed E-state index contributed by atoms with van der Waals surface area (Å²) in [7, 11) is 0. The average molecular weight is 322 g/mol. The Morgan fingerprint density at radius 3 is 2.96 bits per heavy atom. The molecule has 2 fully saturated rings. The third-order valence-corrected chi connectivity index (χ3v) is 4.50. The number of rotatable bonds is 8. The van der Waals surface area contributed by atoms with E-state index in [9.17, 15) is 4.79 Å². The zero-order chi connectivity index (χ0) is 16.2. The van der Waals surface area contributed by atoms with Crippen LogP contribution in [-0.2, 0) is 11.2 Å². The Bertz CT molecular complexity index is 523. The Hall–Kier alpha value is -1.63. The van der Waals surface area contributed by atoms with Gasteiger partial charge in [0.15, 0.2) is 5.82 Å². The smallest absolute Gasteiger partial charge is 0.317 e. The van der Waals surface area contributed by atoms with E-state index in [1.807, 2.05) is 6.92 Å². The molecule has 0 bridgehead atoms. The topological polar surface area (TPSA) is 80.5 Å². The van der Waals surface area contributed by atoms with Crippen molar-refractivity contribution in [1.29, 1.82) is 0 Å². The van der Waals surface area contributed by atoms with Crippen molar-refractivity contribution in [2.45, 2.75) is 51.5 Å². The molecule has 23 heavy (non-hydrogen) atoms. The quantitative estimate of drug-likeness (QED) is 0.740. The van der Waals surface area contributed by atoms with Crippen LogP contribution in [-0.4, -0.2) is 53.4 Å². The second-order valence-corrected chi connectivity index (χ2v) is 6.68. The van der Waals surface area contributed by atoms with Crippen molar-refractivity contribution in [1.82, 2.24) is 20.4 Å². The molecule has 0 spiro atoms. The predicted octanol–water partition coefficient (Wildman–Crippen LogP) is 1.95. The second-order valence-electron chi connectivity index (χ2n) is 6.68. The maximum Gasteiger partial charge on any atom is 0.317 e. The molecule has 1 unspecified atom stereocenters. The Morgan fingerprint density at radius 2 is 2.26 bits per heavy atom. The first-order chi connectivity index (χ1) is 11.2. The number of likely N-dealkylation sites (tertiary alicyclic amines) is 1. The van der Waals surface area contributed by atoms with E-state index in [0.29, 0.717) is 37.8 Å². The number of carbonyl (C=O) groups excluding carboxylic acids is 1. The first kappa shape index (κ1) is 16.2. The van der Waals surface area contributed by atoms with E-state index in [2.05, 4.69) is 22.4 Å². The molecule has 3 rings (SSSR count). The van der Waals surface area contributed by atoms with Crippen molar-refractivity contribution in [2.24, 2.45) is 5.92 Å². The van der Waals surface area contributed by atoms with Gasteiger partial charge in [0.2, 0.25) is 5.89 Å². The number of hydrogen-bond acceptors (Lipinski definition) is 5. The molecule has 7 nitrogen and oxygen atoms in total. The van der Waals surface area contributed by atoms with Gasteiger partial charge in [-0.3, -0.25) is 0 Å². The third-order valence-electron chi connectivity index (χ3n) is 4.50. The van der Waals surface area contributed by atoms with Crippen LogP contribution >= 0.6 is 0 Å². The molecule has 128 valence electrons. The molecule has 1 aromatic rings. The lowest BCUT2D eigenvalue weighted by atomic mass is 10.0. The molecular formula is C16H26N4O3. The van der Waals surface area contributed by atoms with Gasteiger partial charge in [0, 0.05) is 32.2 Å². The molecular weight excluding hydrogens is 296 g/mol. The summed E-state index contributed by atoms with van der Waals surface area (Å²) >= 11 is 0. The minimum absolute atomic E-state index is 0.0104. The van der Waals surface area contributed by atoms with Crippen molar-refractivity contribution in [3.8, 4) is 0 Å². The molecule has 1 aliphatic heterocycles. The lowest BCUT2D eigenvalue weighted by Crippen LogP contribution is -2.54. The summed E-state index contributed by atoms with van der Waals surface area (Å²) in [5, 5.41) is 6.96. The van der Waals surface area contributed by atoms with Crippen molar-refractivity contribution >= 4 is 6.03 Å². The molecule has 1 aliphatic carbocycles. The van der Waals surface area contributed by atoms with Gasteiger partial charge >= 0.3 is 6.03 Å². The fraction of sp³-hybridized carbons (Fsp3) is 0.812. The van der Waals surface area contributed by atoms with Crippen molar-refractivity contribution in [2.75, 3.05) is 26.3 Å². The number of urea groups is 1. The van der Waals surface area contributed by atoms with Gasteiger partial charge in [0.25, 0.3) is 0 Å². The van der Waals surface area contributed by atoms with Crippen LogP contribution in [0.3, 0.4) is 0 Å². The van der Waals surface area contributed by atoms with Crippen LogP contribution < -0.4 is 5.32 Å². The highest BCUT2D eigenvalue weighted by Gasteiger charge is 2.35. The fourth-order valence-corrected chi connectivity index (χ4v) is 2.44. The van der Waals surface area contributed by atoms with Crippen molar-refractivity contribution < 1.29 is 14.1 Å². The van der Waals surface area contributed by atoms with E-state index in [4.69, 9.17) is 9.26 Å². The van der Waals surface area contributed by atoms with Gasteiger partial charge in [-0.25, -0.2) is 4.79 Å². The highest BCUT2D eigenvalue weighted by atomic mass is 16.5. The molecule has 2 amide bonds. The van der Waals surface area contributed by atoms with Crippen molar-refractivity contribution in [3.63, 3.8) is 0 Å². The standard InChI is InChI=1S/C16H26N4O3/c1-3-11(2)17-16(21)20-8-13(9-20)15-18-14(19-23-15)6-7-22-10-12-4-5-12/h11-13H,3-10H2,1-2H3,(H,17,21). The monoisotopic (exact) mass is 322 g/mol. The van der Waals surface area contributed by atoms with Gasteiger partial charge in [-0.1, -0.05) is 12.1 Å². The van der Waals surface area contributed by atoms with E-state index in [0.717, 1.165) is 18.9 Å². The molecule has 0 aromatic carbocycles. The summed E-state index contributed by atoms with van der Waals surface area (Å²) in [6.45, 7) is 6.84. The molecule has 1 saturated heterocycles. The van der Waals surface area contributed by atoms with E-state index >= 15 is 0 Å². The third kappa shape index (κ3) is 4.43. The minimum Gasteiger partial charge on any atom is -0.381 e. The van der Waals surface area contributed by atoms with Gasteiger partial charge in [-0.05, 0) is 32.1 Å².